The summed E-state index contributed by atoms with van der Waals surface area (Å²) >= 11 is 0. The number of esters is 1. The molecule has 0 aliphatic heterocycles. The zero-order valence-electron chi connectivity index (χ0n) is 20.6. The Kier molecular flexibility index (Phi) is 7.17. The van der Waals surface area contributed by atoms with Crippen molar-refractivity contribution in [1.82, 2.24) is 15.2 Å². The van der Waals surface area contributed by atoms with Crippen LogP contribution in [0.4, 0.5) is 5.69 Å². The highest BCUT2D eigenvalue weighted by atomic mass is 16.5. The number of likely N-dealkylation sites (N-methyl/N-ethyl adjacent to an activating group) is 2. The van der Waals surface area contributed by atoms with Gasteiger partial charge in [-0.3, -0.25) is 4.79 Å². The molecular formula is C28H28N4O4. The van der Waals surface area contributed by atoms with Gasteiger partial charge in [-0.1, -0.05) is 48.5 Å². The van der Waals surface area contributed by atoms with Crippen LogP contribution in [0.15, 0.2) is 77.8 Å². The van der Waals surface area contributed by atoms with Gasteiger partial charge in [-0.15, -0.1) is 0 Å². The van der Waals surface area contributed by atoms with Crippen LogP contribution < -0.4 is 5.32 Å². The maximum absolute atomic E-state index is 12.5. The lowest BCUT2D eigenvalue weighted by Gasteiger charge is -2.20. The number of carbonyl (C=O) groups excluding carboxylic acids is 2. The number of H-pyrrole nitrogens is 1. The summed E-state index contributed by atoms with van der Waals surface area (Å²) in [5.74, 6) is -0.566. The molecule has 1 heterocycles. The molecule has 8 heteroatoms. The third-order valence-electron chi connectivity index (χ3n) is 5.93. The van der Waals surface area contributed by atoms with Crippen molar-refractivity contribution >= 4 is 34.2 Å². The van der Waals surface area contributed by atoms with Crippen molar-refractivity contribution in [1.29, 1.82) is 0 Å². The average Bonchev–Trinajstić information content (AvgIpc) is 3.23. The van der Waals surface area contributed by atoms with E-state index < -0.39 is 12.0 Å². The van der Waals surface area contributed by atoms with Crippen LogP contribution in [0, 0.1) is 0 Å². The smallest absolute Gasteiger partial charge is 0.337 e. The van der Waals surface area contributed by atoms with Gasteiger partial charge in [-0.2, -0.15) is 0 Å². The SMILES string of the molecule is CNC(C(=O)N(C)C)c1ccc(N=C(c2ccccc2)c2c(O)[nH]c3cc(C(=O)OC)ccc23)cc1. The topological polar surface area (TPSA) is 107 Å². The molecule has 1 amide bonds. The molecule has 0 aliphatic rings. The normalized spacial score (nSPS) is 12.4. The second-order valence-corrected chi connectivity index (χ2v) is 8.47. The molecule has 1 aromatic heterocycles. The molecule has 8 nitrogen and oxygen atoms in total. The number of nitrogens with one attached hydrogen (secondary N) is 2. The fourth-order valence-electron chi connectivity index (χ4n) is 4.09. The molecule has 4 rings (SSSR count). The summed E-state index contributed by atoms with van der Waals surface area (Å²) in [6.07, 6.45) is 0. The quantitative estimate of drug-likeness (QED) is 0.270. The van der Waals surface area contributed by atoms with Crippen LogP contribution >= 0.6 is 0 Å². The van der Waals surface area contributed by atoms with Gasteiger partial charge in [0.05, 0.1) is 29.6 Å². The van der Waals surface area contributed by atoms with E-state index in [1.807, 2.05) is 54.6 Å². The molecule has 0 aliphatic carbocycles. The molecule has 3 aromatic carbocycles. The van der Waals surface area contributed by atoms with E-state index in [1.165, 1.54) is 7.11 Å². The minimum atomic E-state index is -0.465. The summed E-state index contributed by atoms with van der Waals surface area (Å²) in [7, 11) is 6.51. The number of amides is 1. The maximum atomic E-state index is 12.5. The Morgan fingerprint density at radius 3 is 2.31 bits per heavy atom. The molecule has 0 radical (unpaired) electrons. The number of methoxy groups -OCH3 is 1. The molecule has 1 unspecified atom stereocenters. The fourth-order valence-corrected chi connectivity index (χ4v) is 4.09. The number of hydrogen-bond acceptors (Lipinski definition) is 6. The molecule has 0 saturated heterocycles. The molecule has 0 saturated carbocycles. The minimum Gasteiger partial charge on any atom is -0.494 e. The first-order valence-electron chi connectivity index (χ1n) is 11.4. The van der Waals surface area contributed by atoms with Gasteiger partial charge in [0.25, 0.3) is 0 Å². The molecule has 3 N–H and O–H groups in total. The summed E-state index contributed by atoms with van der Waals surface area (Å²) in [6.45, 7) is 0. The summed E-state index contributed by atoms with van der Waals surface area (Å²) < 4.78 is 4.81. The first-order chi connectivity index (χ1) is 17.3. The Bertz CT molecular complexity index is 1420. The number of aromatic hydroxyl groups is 1. The van der Waals surface area contributed by atoms with Gasteiger partial charge in [0.15, 0.2) is 5.88 Å². The second-order valence-electron chi connectivity index (χ2n) is 8.47. The van der Waals surface area contributed by atoms with Crippen LogP contribution in [0.3, 0.4) is 0 Å². The van der Waals surface area contributed by atoms with Crippen molar-refractivity contribution in [2.45, 2.75) is 6.04 Å². The lowest BCUT2D eigenvalue weighted by molar-refractivity contribution is -0.130. The third-order valence-corrected chi connectivity index (χ3v) is 5.93. The summed E-state index contributed by atoms with van der Waals surface area (Å²) in [4.78, 5) is 33.9. The van der Waals surface area contributed by atoms with E-state index in [1.54, 1.807) is 44.2 Å². The number of hydrogen-bond donors (Lipinski definition) is 3. The highest BCUT2D eigenvalue weighted by Gasteiger charge is 2.22. The fraction of sp³-hybridized carbons (Fsp3) is 0.179. The largest absolute Gasteiger partial charge is 0.494 e. The number of rotatable bonds is 7. The lowest BCUT2D eigenvalue weighted by atomic mass is 10.00. The number of nitrogens with zero attached hydrogens (tertiary/aromatic N) is 2. The Morgan fingerprint density at radius 2 is 1.69 bits per heavy atom. The van der Waals surface area contributed by atoms with Gasteiger partial charge in [-0.25, -0.2) is 9.79 Å². The van der Waals surface area contributed by atoms with E-state index in [4.69, 9.17) is 9.73 Å². The van der Waals surface area contributed by atoms with Crippen molar-refractivity contribution in [3.8, 4) is 5.88 Å². The molecule has 0 spiro atoms. The summed E-state index contributed by atoms with van der Waals surface area (Å²) in [6, 6.07) is 21.5. The van der Waals surface area contributed by atoms with Crippen LogP contribution in [-0.4, -0.2) is 60.8 Å². The van der Waals surface area contributed by atoms with Gasteiger partial charge in [0.1, 0.15) is 6.04 Å². The standard InChI is InChI=1S/C28H28N4O4/c1-29-25(27(34)32(2)3)18-10-13-20(14-11-18)30-24(17-8-6-5-7-9-17)23-21-15-12-19(28(35)36-4)16-22(21)31-26(23)33/h5-16,25,29,31,33H,1-4H3. The average molecular weight is 485 g/mol. The van der Waals surface area contributed by atoms with Crippen molar-refractivity contribution in [3.05, 3.63) is 95.1 Å². The van der Waals surface area contributed by atoms with Gasteiger partial charge < -0.3 is 25.0 Å². The van der Waals surface area contributed by atoms with Crippen molar-refractivity contribution < 1.29 is 19.4 Å². The molecule has 184 valence electrons. The van der Waals surface area contributed by atoms with E-state index >= 15 is 0 Å². The molecule has 4 aromatic rings. The van der Waals surface area contributed by atoms with Gasteiger partial charge in [0.2, 0.25) is 5.91 Å². The number of fused-ring (bicyclic) bond motifs is 1. The molecule has 36 heavy (non-hydrogen) atoms. The van der Waals surface area contributed by atoms with Crippen LogP contribution in [0.25, 0.3) is 10.9 Å². The highest BCUT2D eigenvalue weighted by molar-refractivity contribution is 6.22. The molecule has 0 bridgehead atoms. The number of carbonyl (C=O) groups is 2. The van der Waals surface area contributed by atoms with E-state index in [0.717, 1.165) is 11.1 Å². The zero-order chi connectivity index (χ0) is 25.8. The Hall–Kier alpha value is -4.43. The number of aliphatic imine (C=N–C) groups is 1. The Labute approximate surface area is 209 Å². The van der Waals surface area contributed by atoms with Crippen LogP contribution in [0.1, 0.15) is 33.1 Å². The Morgan fingerprint density at radius 1 is 1.00 bits per heavy atom. The van der Waals surface area contributed by atoms with E-state index in [0.29, 0.717) is 33.4 Å². The number of aromatic amines is 1. The van der Waals surface area contributed by atoms with E-state index in [9.17, 15) is 14.7 Å². The zero-order valence-corrected chi connectivity index (χ0v) is 20.6. The highest BCUT2D eigenvalue weighted by Crippen LogP contribution is 2.32. The van der Waals surface area contributed by atoms with Crippen molar-refractivity contribution in [3.63, 3.8) is 0 Å². The van der Waals surface area contributed by atoms with Crippen molar-refractivity contribution in [2.75, 3.05) is 28.3 Å². The first kappa shape index (κ1) is 24.7. The van der Waals surface area contributed by atoms with Gasteiger partial charge in [0, 0.05) is 30.6 Å². The van der Waals surface area contributed by atoms with Gasteiger partial charge >= 0.3 is 5.97 Å². The monoisotopic (exact) mass is 484 g/mol. The number of ether oxygens (including phenoxy) is 1. The minimum absolute atomic E-state index is 0.0474. The molecular weight excluding hydrogens is 456 g/mol. The molecule has 1 atom stereocenters. The number of aromatic nitrogens is 1. The maximum Gasteiger partial charge on any atom is 0.337 e. The van der Waals surface area contributed by atoms with Crippen molar-refractivity contribution in [2.24, 2.45) is 4.99 Å². The van der Waals surface area contributed by atoms with Crippen LogP contribution in [0.5, 0.6) is 5.88 Å². The predicted octanol–water partition coefficient (Wildman–Crippen LogP) is 4.18. The number of benzene rings is 3. The predicted molar refractivity (Wildman–Crippen MR) is 140 cm³/mol. The first-order valence-corrected chi connectivity index (χ1v) is 11.4. The Balaban J connectivity index is 1.81. The molecule has 0 fully saturated rings. The van der Waals surface area contributed by atoms with Crippen LogP contribution in [0.2, 0.25) is 0 Å². The summed E-state index contributed by atoms with van der Waals surface area (Å²) in [5.41, 5.74) is 4.33. The lowest BCUT2D eigenvalue weighted by Crippen LogP contribution is -2.35. The van der Waals surface area contributed by atoms with Crippen LogP contribution in [-0.2, 0) is 9.53 Å². The van der Waals surface area contributed by atoms with E-state index in [2.05, 4.69) is 10.3 Å². The van der Waals surface area contributed by atoms with Gasteiger partial charge in [-0.05, 0) is 36.9 Å². The van der Waals surface area contributed by atoms with E-state index in [-0.39, 0.29) is 11.8 Å². The third kappa shape index (κ3) is 4.85. The second kappa shape index (κ2) is 10.5. The summed E-state index contributed by atoms with van der Waals surface area (Å²) in [5, 5.41) is 14.7.